The van der Waals surface area contributed by atoms with Crippen molar-refractivity contribution in [2.24, 2.45) is 10.8 Å². The smallest absolute Gasteiger partial charge is 0.272 e. The molecule has 0 aromatic heterocycles. The molecule has 11 heteroatoms. The zero-order chi connectivity index (χ0) is 30.9. The van der Waals surface area contributed by atoms with Crippen molar-refractivity contribution < 1.29 is 37.8 Å². The van der Waals surface area contributed by atoms with Gasteiger partial charge in [0.1, 0.15) is 17.6 Å². The van der Waals surface area contributed by atoms with E-state index in [4.69, 9.17) is 0 Å². The van der Waals surface area contributed by atoms with E-state index < -0.39 is 59.6 Å². The van der Waals surface area contributed by atoms with Gasteiger partial charge in [0, 0.05) is 17.7 Å². The second kappa shape index (κ2) is 11.7. The molecule has 41 heavy (non-hydrogen) atoms. The maximum absolute atomic E-state index is 15.2. The molecule has 3 atom stereocenters. The monoisotopic (exact) mass is 577 g/mol. The van der Waals surface area contributed by atoms with Gasteiger partial charge in [-0.1, -0.05) is 52.8 Å². The summed E-state index contributed by atoms with van der Waals surface area (Å²) in [5, 5.41) is 26.5. The first-order chi connectivity index (χ1) is 18.9. The van der Waals surface area contributed by atoms with Crippen molar-refractivity contribution in [2.45, 2.75) is 72.1 Å². The molecular weight excluding hydrogens is 539 g/mol. The van der Waals surface area contributed by atoms with Gasteiger partial charge in [0.2, 0.25) is 5.91 Å². The van der Waals surface area contributed by atoms with E-state index in [0.717, 1.165) is 6.07 Å². The Labute approximate surface area is 237 Å². The van der Waals surface area contributed by atoms with Crippen LogP contribution in [-0.4, -0.2) is 70.0 Å². The Bertz CT molecular complexity index is 1310. The molecule has 224 valence electrons. The number of likely N-dealkylation sites (tertiary alicyclic amines) is 1. The van der Waals surface area contributed by atoms with E-state index in [1.165, 1.54) is 57.2 Å². The van der Waals surface area contributed by atoms with Gasteiger partial charge in [-0.15, -0.1) is 0 Å². The van der Waals surface area contributed by atoms with Crippen LogP contribution in [0.3, 0.4) is 0 Å². The van der Waals surface area contributed by atoms with Gasteiger partial charge in [-0.05, 0) is 48.6 Å². The number of halogens is 3. The van der Waals surface area contributed by atoms with E-state index >= 15 is 8.78 Å². The van der Waals surface area contributed by atoms with E-state index in [0.29, 0.717) is 10.5 Å². The van der Waals surface area contributed by atoms with Crippen molar-refractivity contribution in [1.29, 1.82) is 0 Å². The fourth-order valence-electron chi connectivity index (χ4n) is 4.84. The molecule has 0 spiro atoms. The Kier molecular flexibility index (Phi) is 9.12. The Hall–Kier alpha value is -3.60. The predicted molar refractivity (Wildman–Crippen MR) is 147 cm³/mol. The average Bonchev–Trinajstić information content (AvgIpc) is 3.06. The molecule has 1 fully saturated rings. The molecule has 0 aliphatic carbocycles. The Balaban J connectivity index is 1.96. The SMILES string of the molecule is Cc1c(O)cccc1C(=O)N[C@@H](Cc1cccc(F)c1)[C@H](O)C(=O)N1CC(F)(F)C(C)(C)[C@H]1C(=O)NCC(C)(C)C. The number of aliphatic hydroxyl groups is 1. The number of aliphatic hydroxyl groups excluding tert-OH is 1. The first kappa shape index (κ1) is 31.9. The summed E-state index contributed by atoms with van der Waals surface area (Å²) in [4.78, 5) is 40.7. The van der Waals surface area contributed by atoms with Gasteiger partial charge in [0.05, 0.1) is 18.0 Å². The highest BCUT2D eigenvalue weighted by Gasteiger charge is 2.64. The van der Waals surface area contributed by atoms with Crippen LogP contribution in [0, 0.1) is 23.6 Å². The Morgan fingerprint density at radius 2 is 1.76 bits per heavy atom. The number of phenols is 1. The van der Waals surface area contributed by atoms with E-state index in [-0.39, 0.29) is 35.3 Å². The number of rotatable bonds is 8. The molecule has 0 unspecified atom stereocenters. The molecule has 0 radical (unpaired) electrons. The third kappa shape index (κ3) is 7.01. The summed E-state index contributed by atoms with van der Waals surface area (Å²) in [5.74, 6) is -6.93. The van der Waals surface area contributed by atoms with Gasteiger partial charge in [0.25, 0.3) is 17.7 Å². The fourth-order valence-corrected chi connectivity index (χ4v) is 4.84. The summed E-state index contributed by atoms with van der Waals surface area (Å²) in [5.41, 5.74) is -1.71. The summed E-state index contributed by atoms with van der Waals surface area (Å²) in [6, 6.07) is 6.54. The van der Waals surface area contributed by atoms with Gasteiger partial charge < -0.3 is 25.7 Å². The molecule has 1 saturated heterocycles. The van der Waals surface area contributed by atoms with Gasteiger partial charge in [-0.25, -0.2) is 13.2 Å². The average molecular weight is 578 g/mol. The maximum atomic E-state index is 15.2. The van der Waals surface area contributed by atoms with Crippen molar-refractivity contribution in [1.82, 2.24) is 15.5 Å². The maximum Gasteiger partial charge on any atom is 0.272 e. The summed E-state index contributed by atoms with van der Waals surface area (Å²) in [6.45, 7) is 8.47. The lowest BCUT2D eigenvalue weighted by molar-refractivity contribution is -0.148. The molecule has 3 amide bonds. The number of carbonyl (C=O) groups is 3. The molecule has 2 aromatic carbocycles. The second-order valence-corrected chi connectivity index (χ2v) is 12.4. The van der Waals surface area contributed by atoms with Crippen LogP contribution in [0.15, 0.2) is 42.5 Å². The number of benzene rings is 2. The standard InChI is InChI=1S/C30H38F3N3O5/c1-17-20(11-8-12-22(17)37)25(39)35-21(14-18-9-7-10-19(31)13-18)23(38)27(41)36-16-30(32,33)29(5,6)24(36)26(40)34-15-28(2,3)4/h7-13,21,23-24,37-38H,14-16H2,1-6H3,(H,34,40)(H,35,39)/t21-,23-,24+/m0/s1. The molecule has 1 aliphatic rings. The highest BCUT2D eigenvalue weighted by Crippen LogP contribution is 2.48. The molecule has 1 heterocycles. The van der Waals surface area contributed by atoms with Crippen LogP contribution in [0.4, 0.5) is 13.2 Å². The van der Waals surface area contributed by atoms with Crippen molar-refractivity contribution in [3.8, 4) is 5.75 Å². The molecule has 0 bridgehead atoms. The number of nitrogens with one attached hydrogen (secondary N) is 2. The third-order valence-corrected chi connectivity index (χ3v) is 7.48. The number of carbonyl (C=O) groups excluding carboxylic acids is 3. The van der Waals surface area contributed by atoms with Crippen LogP contribution < -0.4 is 10.6 Å². The zero-order valence-corrected chi connectivity index (χ0v) is 24.1. The minimum Gasteiger partial charge on any atom is -0.508 e. The number of hydrogen-bond donors (Lipinski definition) is 4. The normalized spacial score (nSPS) is 19.4. The predicted octanol–water partition coefficient (Wildman–Crippen LogP) is 3.58. The van der Waals surface area contributed by atoms with Crippen LogP contribution >= 0.6 is 0 Å². The number of nitrogens with zero attached hydrogens (tertiary/aromatic N) is 1. The zero-order valence-electron chi connectivity index (χ0n) is 24.1. The van der Waals surface area contributed by atoms with Gasteiger partial charge in [-0.2, -0.15) is 0 Å². The molecule has 4 N–H and O–H groups in total. The topological polar surface area (TPSA) is 119 Å². The number of aromatic hydroxyl groups is 1. The molecule has 3 rings (SSSR count). The molecule has 1 aliphatic heterocycles. The second-order valence-electron chi connectivity index (χ2n) is 12.4. The first-order valence-corrected chi connectivity index (χ1v) is 13.3. The molecular formula is C30H38F3N3O5. The van der Waals surface area contributed by atoms with Crippen molar-refractivity contribution >= 4 is 17.7 Å². The van der Waals surface area contributed by atoms with Crippen LogP contribution in [-0.2, 0) is 16.0 Å². The van der Waals surface area contributed by atoms with Gasteiger partial charge in [0.15, 0.2) is 6.10 Å². The Morgan fingerprint density at radius 1 is 1.12 bits per heavy atom. The van der Waals surface area contributed by atoms with Gasteiger partial charge >= 0.3 is 0 Å². The Morgan fingerprint density at radius 3 is 2.37 bits per heavy atom. The summed E-state index contributed by atoms with van der Waals surface area (Å²) >= 11 is 0. The van der Waals surface area contributed by atoms with Crippen LogP contribution in [0.5, 0.6) is 5.75 Å². The van der Waals surface area contributed by atoms with Gasteiger partial charge in [-0.3, -0.25) is 14.4 Å². The minimum absolute atomic E-state index is 0.0576. The molecule has 2 aromatic rings. The third-order valence-electron chi connectivity index (χ3n) is 7.48. The highest BCUT2D eigenvalue weighted by atomic mass is 19.3. The minimum atomic E-state index is -3.47. The van der Waals surface area contributed by atoms with Crippen LogP contribution in [0.1, 0.15) is 56.1 Å². The van der Waals surface area contributed by atoms with E-state index in [2.05, 4.69) is 10.6 Å². The fraction of sp³-hybridized carbons (Fsp3) is 0.500. The van der Waals surface area contributed by atoms with Crippen molar-refractivity contribution in [2.75, 3.05) is 13.1 Å². The molecule has 8 nitrogen and oxygen atoms in total. The summed E-state index contributed by atoms with van der Waals surface area (Å²) in [6.07, 6.45) is -2.30. The summed E-state index contributed by atoms with van der Waals surface area (Å²) in [7, 11) is 0. The first-order valence-electron chi connectivity index (χ1n) is 13.3. The molecule has 0 saturated carbocycles. The number of alkyl halides is 2. The van der Waals surface area contributed by atoms with E-state index in [1.54, 1.807) is 0 Å². The quantitative estimate of drug-likeness (QED) is 0.383. The lowest BCUT2D eigenvalue weighted by atomic mass is 9.81. The number of amides is 3. The lowest BCUT2D eigenvalue weighted by Crippen LogP contribution is -2.58. The van der Waals surface area contributed by atoms with E-state index in [1.807, 2.05) is 20.8 Å². The summed E-state index contributed by atoms with van der Waals surface area (Å²) < 4.78 is 44.3. The van der Waals surface area contributed by atoms with E-state index in [9.17, 15) is 29.0 Å². The number of phenolic OH excluding ortho intramolecular Hbond substituents is 1. The largest absolute Gasteiger partial charge is 0.508 e. The van der Waals surface area contributed by atoms with Crippen LogP contribution in [0.25, 0.3) is 0 Å². The van der Waals surface area contributed by atoms with Crippen molar-refractivity contribution in [3.63, 3.8) is 0 Å². The van der Waals surface area contributed by atoms with Crippen molar-refractivity contribution in [3.05, 3.63) is 65.0 Å². The number of hydrogen-bond acceptors (Lipinski definition) is 5. The van der Waals surface area contributed by atoms with Crippen LogP contribution in [0.2, 0.25) is 0 Å². The highest BCUT2D eigenvalue weighted by molar-refractivity contribution is 5.97. The lowest BCUT2D eigenvalue weighted by Gasteiger charge is -2.35.